The van der Waals surface area contributed by atoms with E-state index in [9.17, 15) is 0 Å². The van der Waals surface area contributed by atoms with Crippen LogP contribution in [0.25, 0.3) is 0 Å². The predicted octanol–water partition coefficient (Wildman–Crippen LogP) is 3.72. The van der Waals surface area contributed by atoms with Crippen LogP contribution in [-0.4, -0.2) is 22.9 Å². The standard InChI is InChI=1S/C17H33N3/c1-13(2)8-7-11-20-16(6)17(15(5)19-20)9-10-18-12-14(3)4/h13-14,18H,7-12H2,1-6H3. The van der Waals surface area contributed by atoms with Gasteiger partial charge in [-0.1, -0.05) is 27.7 Å². The molecule has 0 saturated heterocycles. The van der Waals surface area contributed by atoms with E-state index in [1.54, 1.807) is 0 Å². The molecule has 0 spiro atoms. The van der Waals surface area contributed by atoms with Gasteiger partial charge in [0.05, 0.1) is 5.69 Å². The van der Waals surface area contributed by atoms with Crippen molar-refractivity contribution in [2.75, 3.05) is 13.1 Å². The van der Waals surface area contributed by atoms with E-state index < -0.39 is 0 Å². The van der Waals surface area contributed by atoms with Crippen LogP contribution in [0, 0.1) is 25.7 Å². The van der Waals surface area contributed by atoms with Gasteiger partial charge in [0, 0.05) is 12.2 Å². The van der Waals surface area contributed by atoms with Crippen molar-refractivity contribution < 1.29 is 0 Å². The fourth-order valence-corrected chi connectivity index (χ4v) is 2.57. The molecule has 1 aromatic heterocycles. The zero-order valence-corrected chi connectivity index (χ0v) is 14.3. The Morgan fingerprint density at radius 2 is 1.80 bits per heavy atom. The molecule has 1 rings (SSSR count). The van der Waals surface area contributed by atoms with Crippen LogP contribution >= 0.6 is 0 Å². The molecule has 0 atom stereocenters. The van der Waals surface area contributed by atoms with E-state index in [4.69, 9.17) is 5.10 Å². The third-order valence-corrected chi connectivity index (χ3v) is 3.79. The number of nitrogens with one attached hydrogen (secondary N) is 1. The molecule has 0 aliphatic rings. The molecule has 0 bridgehead atoms. The zero-order valence-electron chi connectivity index (χ0n) is 14.3. The normalized spacial score (nSPS) is 11.8. The van der Waals surface area contributed by atoms with E-state index in [1.165, 1.54) is 29.8 Å². The fourth-order valence-electron chi connectivity index (χ4n) is 2.57. The van der Waals surface area contributed by atoms with Crippen molar-refractivity contribution in [3.8, 4) is 0 Å². The van der Waals surface area contributed by atoms with Gasteiger partial charge in [-0.3, -0.25) is 4.68 Å². The van der Waals surface area contributed by atoms with E-state index in [0.717, 1.165) is 37.9 Å². The summed E-state index contributed by atoms with van der Waals surface area (Å²) in [5.74, 6) is 1.50. The maximum atomic E-state index is 4.71. The number of rotatable bonds is 9. The first-order chi connectivity index (χ1) is 9.41. The summed E-state index contributed by atoms with van der Waals surface area (Å²) in [7, 11) is 0. The highest BCUT2D eigenvalue weighted by Crippen LogP contribution is 2.15. The Hall–Kier alpha value is -0.830. The molecule has 0 fully saturated rings. The minimum Gasteiger partial charge on any atom is -0.316 e. The second-order valence-electron chi connectivity index (χ2n) is 6.76. The molecule has 3 heteroatoms. The molecule has 0 aliphatic carbocycles. The molecular formula is C17H33N3. The highest BCUT2D eigenvalue weighted by atomic mass is 15.3. The Kier molecular flexibility index (Phi) is 7.28. The average molecular weight is 279 g/mol. The molecule has 0 saturated carbocycles. The summed E-state index contributed by atoms with van der Waals surface area (Å²) in [4.78, 5) is 0. The van der Waals surface area contributed by atoms with Gasteiger partial charge in [0.2, 0.25) is 0 Å². The summed E-state index contributed by atoms with van der Waals surface area (Å²) in [6.07, 6.45) is 3.60. The summed E-state index contributed by atoms with van der Waals surface area (Å²) in [5.41, 5.74) is 4.00. The number of nitrogens with zero attached hydrogens (tertiary/aromatic N) is 2. The van der Waals surface area contributed by atoms with Crippen LogP contribution in [0.5, 0.6) is 0 Å². The predicted molar refractivity (Wildman–Crippen MR) is 87.2 cm³/mol. The van der Waals surface area contributed by atoms with Crippen LogP contribution in [0.2, 0.25) is 0 Å². The van der Waals surface area contributed by atoms with Crippen molar-refractivity contribution in [3.05, 3.63) is 17.0 Å². The number of aryl methyl sites for hydroxylation is 2. The van der Waals surface area contributed by atoms with Crippen molar-refractivity contribution in [2.45, 2.75) is 67.3 Å². The molecule has 1 heterocycles. The maximum Gasteiger partial charge on any atom is 0.0628 e. The third kappa shape index (κ3) is 5.66. The maximum absolute atomic E-state index is 4.71. The zero-order chi connectivity index (χ0) is 15.1. The monoisotopic (exact) mass is 279 g/mol. The summed E-state index contributed by atoms with van der Waals surface area (Å²) in [6.45, 7) is 16.6. The third-order valence-electron chi connectivity index (χ3n) is 3.79. The Labute approximate surface area is 125 Å². The Bertz CT molecular complexity index is 391. The lowest BCUT2D eigenvalue weighted by Crippen LogP contribution is -2.22. The molecule has 20 heavy (non-hydrogen) atoms. The lowest BCUT2D eigenvalue weighted by Gasteiger charge is -2.09. The molecular weight excluding hydrogens is 246 g/mol. The van der Waals surface area contributed by atoms with E-state index in [1.807, 2.05) is 0 Å². The molecule has 1 N–H and O–H groups in total. The lowest BCUT2D eigenvalue weighted by molar-refractivity contribution is 0.483. The Morgan fingerprint density at radius 1 is 1.10 bits per heavy atom. The Balaban J connectivity index is 2.49. The molecule has 116 valence electrons. The first-order valence-electron chi connectivity index (χ1n) is 8.15. The second kappa shape index (κ2) is 8.46. The number of aromatic nitrogens is 2. The van der Waals surface area contributed by atoms with Crippen LogP contribution in [-0.2, 0) is 13.0 Å². The van der Waals surface area contributed by atoms with Crippen LogP contribution in [0.3, 0.4) is 0 Å². The van der Waals surface area contributed by atoms with Gasteiger partial charge in [-0.2, -0.15) is 5.10 Å². The smallest absolute Gasteiger partial charge is 0.0628 e. The number of hydrogen-bond donors (Lipinski definition) is 1. The molecule has 0 aliphatic heterocycles. The van der Waals surface area contributed by atoms with Gasteiger partial charge in [-0.05, 0) is 63.6 Å². The topological polar surface area (TPSA) is 29.9 Å². The van der Waals surface area contributed by atoms with Crippen molar-refractivity contribution in [3.63, 3.8) is 0 Å². The van der Waals surface area contributed by atoms with E-state index in [0.29, 0.717) is 0 Å². The molecule has 0 aromatic carbocycles. The molecule has 1 aromatic rings. The van der Waals surface area contributed by atoms with Gasteiger partial charge in [0.1, 0.15) is 0 Å². The quantitative estimate of drug-likeness (QED) is 0.698. The van der Waals surface area contributed by atoms with Gasteiger partial charge in [-0.15, -0.1) is 0 Å². The van der Waals surface area contributed by atoms with Gasteiger partial charge < -0.3 is 5.32 Å². The second-order valence-corrected chi connectivity index (χ2v) is 6.76. The van der Waals surface area contributed by atoms with E-state index in [-0.39, 0.29) is 0 Å². The van der Waals surface area contributed by atoms with Crippen molar-refractivity contribution in [1.82, 2.24) is 15.1 Å². The first kappa shape index (κ1) is 17.2. The minimum atomic E-state index is 0.718. The van der Waals surface area contributed by atoms with E-state index in [2.05, 4.69) is 51.5 Å². The van der Waals surface area contributed by atoms with Crippen molar-refractivity contribution >= 4 is 0 Å². The number of hydrogen-bond acceptors (Lipinski definition) is 2. The summed E-state index contributed by atoms with van der Waals surface area (Å²) in [6, 6.07) is 0. The summed E-state index contributed by atoms with van der Waals surface area (Å²) < 4.78 is 2.20. The lowest BCUT2D eigenvalue weighted by atomic mass is 10.1. The molecule has 0 unspecified atom stereocenters. The van der Waals surface area contributed by atoms with E-state index >= 15 is 0 Å². The highest BCUT2D eigenvalue weighted by molar-refractivity contribution is 5.24. The molecule has 3 nitrogen and oxygen atoms in total. The summed E-state index contributed by atoms with van der Waals surface area (Å²) in [5, 5.41) is 8.23. The van der Waals surface area contributed by atoms with Crippen molar-refractivity contribution in [1.29, 1.82) is 0 Å². The largest absolute Gasteiger partial charge is 0.316 e. The molecule has 0 amide bonds. The Morgan fingerprint density at radius 3 is 2.40 bits per heavy atom. The van der Waals surface area contributed by atoms with Crippen molar-refractivity contribution in [2.24, 2.45) is 11.8 Å². The van der Waals surface area contributed by atoms with Crippen LogP contribution in [0.15, 0.2) is 0 Å². The minimum absolute atomic E-state index is 0.718. The SMILES string of the molecule is Cc1nn(CCCC(C)C)c(C)c1CCNCC(C)C. The average Bonchev–Trinajstić information content (AvgIpc) is 2.60. The van der Waals surface area contributed by atoms with Crippen LogP contribution in [0.4, 0.5) is 0 Å². The fraction of sp³-hybridized carbons (Fsp3) is 0.824. The molecule has 0 radical (unpaired) electrons. The highest BCUT2D eigenvalue weighted by Gasteiger charge is 2.11. The van der Waals surface area contributed by atoms with Crippen LogP contribution in [0.1, 0.15) is 57.5 Å². The van der Waals surface area contributed by atoms with Gasteiger partial charge in [0.25, 0.3) is 0 Å². The summed E-state index contributed by atoms with van der Waals surface area (Å²) >= 11 is 0. The van der Waals surface area contributed by atoms with Crippen LogP contribution < -0.4 is 5.32 Å². The van der Waals surface area contributed by atoms with Gasteiger partial charge in [-0.25, -0.2) is 0 Å². The first-order valence-corrected chi connectivity index (χ1v) is 8.15. The van der Waals surface area contributed by atoms with Gasteiger partial charge >= 0.3 is 0 Å². The van der Waals surface area contributed by atoms with Gasteiger partial charge in [0.15, 0.2) is 0 Å².